The fraction of sp³-hybridized carbons (Fsp3) is 0.500. The number of amides is 3. The van der Waals surface area contributed by atoms with Crippen molar-refractivity contribution in [1.82, 2.24) is 20.5 Å². The van der Waals surface area contributed by atoms with E-state index in [1.54, 1.807) is 6.20 Å². The van der Waals surface area contributed by atoms with Crippen LogP contribution in [-0.4, -0.2) is 69.4 Å². The lowest BCUT2D eigenvalue weighted by Gasteiger charge is -2.29. The molecule has 1 saturated heterocycles. The third kappa shape index (κ3) is 5.56. The van der Waals surface area contributed by atoms with E-state index in [1.165, 1.54) is 11.8 Å². The molecule has 1 aromatic carbocycles. The highest BCUT2D eigenvalue weighted by molar-refractivity contribution is 5.94. The summed E-state index contributed by atoms with van der Waals surface area (Å²) in [5.74, 6) is -2.59. The number of carbonyl (C=O) groups excluding carboxylic acids is 3. The number of aromatic nitrogens is 1. The van der Waals surface area contributed by atoms with Crippen molar-refractivity contribution in [3.8, 4) is 0 Å². The van der Waals surface area contributed by atoms with Crippen LogP contribution < -0.4 is 16.4 Å². The van der Waals surface area contributed by atoms with Gasteiger partial charge in [-0.05, 0) is 37.3 Å². The van der Waals surface area contributed by atoms with Crippen molar-refractivity contribution >= 4 is 34.6 Å². The van der Waals surface area contributed by atoms with Crippen molar-refractivity contribution in [2.45, 2.75) is 64.2 Å². The molecule has 34 heavy (non-hydrogen) atoms. The third-order valence-electron chi connectivity index (χ3n) is 6.31. The molecule has 6 N–H and O–H groups in total. The van der Waals surface area contributed by atoms with Gasteiger partial charge in [-0.1, -0.05) is 32.0 Å². The molecule has 0 bridgehead atoms. The van der Waals surface area contributed by atoms with E-state index in [0.29, 0.717) is 19.4 Å². The van der Waals surface area contributed by atoms with Crippen molar-refractivity contribution in [2.24, 2.45) is 11.7 Å². The van der Waals surface area contributed by atoms with Crippen LogP contribution >= 0.6 is 0 Å². The third-order valence-corrected chi connectivity index (χ3v) is 6.31. The van der Waals surface area contributed by atoms with Crippen molar-refractivity contribution in [3.63, 3.8) is 0 Å². The summed E-state index contributed by atoms with van der Waals surface area (Å²) in [4.78, 5) is 54.6. The van der Waals surface area contributed by atoms with E-state index < -0.39 is 42.0 Å². The number of fused-ring (bicyclic) bond motifs is 1. The van der Waals surface area contributed by atoms with Crippen LogP contribution in [0.4, 0.5) is 0 Å². The molecule has 1 aliphatic heterocycles. The monoisotopic (exact) mass is 471 g/mol. The van der Waals surface area contributed by atoms with Crippen LogP contribution in [0.5, 0.6) is 0 Å². The van der Waals surface area contributed by atoms with Gasteiger partial charge in [0.1, 0.15) is 18.1 Å². The second kappa shape index (κ2) is 10.7. The van der Waals surface area contributed by atoms with Gasteiger partial charge in [-0.15, -0.1) is 0 Å². The van der Waals surface area contributed by atoms with E-state index in [-0.39, 0.29) is 18.2 Å². The zero-order chi connectivity index (χ0) is 25.0. The predicted molar refractivity (Wildman–Crippen MR) is 127 cm³/mol. The standard InChI is InChI=1S/C24H33N5O5/c1-13(2)20(25)23(32)29-10-6-9-19(29)22(31)27-14(3)21(30)28-18(24(33)34)11-15-12-26-17-8-5-4-7-16(15)17/h4-5,7-8,12-14,18-20,26H,6,9-11,25H2,1-3H3,(H,27,31)(H,28,30)(H,33,34). The lowest BCUT2D eigenvalue weighted by Crippen LogP contribution is -2.56. The lowest BCUT2D eigenvalue weighted by atomic mass is 10.0. The van der Waals surface area contributed by atoms with Gasteiger partial charge in [0.25, 0.3) is 0 Å². The van der Waals surface area contributed by atoms with E-state index in [0.717, 1.165) is 16.5 Å². The molecule has 184 valence electrons. The largest absolute Gasteiger partial charge is 0.480 e. The Hall–Kier alpha value is -3.40. The first kappa shape index (κ1) is 25.2. The van der Waals surface area contributed by atoms with Gasteiger partial charge in [-0.25, -0.2) is 4.79 Å². The molecule has 2 aromatic rings. The average Bonchev–Trinajstić information content (AvgIpc) is 3.45. The Labute approximate surface area is 198 Å². The molecule has 10 nitrogen and oxygen atoms in total. The first-order valence-electron chi connectivity index (χ1n) is 11.5. The van der Waals surface area contributed by atoms with Gasteiger partial charge < -0.3 is 31.4 Å². The summed E-state index contributed by atoms with van der Waals surface area (Å²) in [5, 5.41) is 15.7. The summed E-state index contributed by atoms with van der Waals surface area (Å²) >= 11 is 0. The summed E-state index contributed by atoms with van der Waals surface area (Å²) in [7, 11) is 0. The second-order valence-electron chi connectivity index (χ2n) is 9.15. The molecule has 3 rings (SSSR count). The van der Waals surface area contributed by atoms with Gasteiger partial charge >= 0.3 is 5.97 Å². The number of aliphatic carboxylic acids is 1. The molecule has 0 spiro atoms. The van der Waals surface area contributed by atoms with Crippen molar-refractivity contribution in [1.29, 1.82) is 0 Å². The van der Waals surface area contributed by atoms with Crippen LogP contribution in [0.1, 0.15) is 39.2 Å². The van der Waals surface area contributed by atoms with Crippen LogP contribution in [0.15, 0.2) is 30.5 Å². The van der Waals surface area contributed by atoms with Gasteiger partial charge in [0.2, 0.25) is 17.7 Å². The number of carboxylic acid groups (broad SMARTS) is 1. The quantitative estimate of drug-likeness (QED) is 0.363. The summed E-state index contributed by atoms with van der Waals surface area (Å²) in [6.45, 7) is 5.60. The number of carbonyl (C=O) groups is 4. The molecular formula is C24H33N5O5. The number of nitrogens with one attached hydrogen (secondary N) is 3. The van der Waals surface area contributed by atoms with Gasteiger partial charge in [0, 0.05) is 30.1 Å². The van der Waals surface area contributed by atoms with Crippen LogP contribution in [0.3, 0.4) is 0 Å². The highest BCUT2D eigenvalue weighted by atomic mass is 16.4. The molecule has 10 heteroatoms. The van der Waals surface area contributed by atoms with Gasteiger partial charge in [0.15, 0.2) is 0 Å². The smallest absolute Gasteiger partial charge is 0.326 e. The Balaban J connectivity index is 1.61. The highest BCUT2D eigenvalue weighted by Crippen LogP contribution is 2.21. The van der Waals surface area contributed by atoms with Gasteiger partial charge in [-0.2, -0.15) is 0 Å². The number of hydrogen-bond donors (Lipinski definition) is 5. The lowest BCUT2D eigenvalue weighted by molar-refractivity contribution is -0.143. The average molecular weight is 472 g/mol. The Bertz CT molecular complexity index is 1060. The van der Waals surface area contributed by atoms with Crippen LogP contribution in [0.25, 0.3) is 10.9 Å². The highest BCUT2D eigenvalue weighted by Gasteiger charge is 2.37. The molecule has 0 radical (unpaired) electrons. The van der Waals surface area contributed by atoms with Gasteiger partial charge in [-0.3, -0.25) is 14.4 Å². The van der Waals surface area contributed by atoms with Crippen LogP contribution in [0.2, 0.25) is 0 Å². The van der Waals surface area contributed by atoms with Crippen molar-refractivity contribution < 1.29 is 24.3 Å². The Morgan fingerprint density at radius 1 is 1.18 bits per heavy atom. The maximum Gasteiger partial charge on any atom is 0.326 e. The van der Waals surface area contributed by atoms with Crippen LogP contribution in [0, 0.1) is 5.92 Å². The zero-order valence-corrected chi connectivity index (χ0v) is 19.7. The minimum atomic E-state index is -1.17. The molecule has 1 aromatic heterocycles. The van der Waals surface area contributed by atoms with Crippen molar-refractivity contribution in [2.75, 3.05) is 6.54 Å². The summed E-state index contributed by atoms with van der Waals surface area (Å²) in [6.07, 6.45) is 2.96. The number of para-hydroxylation sites is 1. The number of nitrogens with two attached hydrogens (primary N) is 1. The van der Waals surface area contributed by atoms with E-state index >= 15 is 0 Å². The Morgan fingerprint density at radius 2 is 1.88 bits per heavy atom. The van der Waals surface area contributed by atoms with E-state index in [9.17, 15) is 24.3 Å². The second-order valence-corrected chi connectivity index (χ2v) is 9.15. The van der Waals surface area contributed by atoms with Crippen molar-refractivity contribution in [3.05, 3.63) is 36.0 Å². The Kier molecular flexibility index (Phi) is 7.93. The number of benzene rings is 1. The van der Waals surface area contributed by atoms with Crippen LogP contribution in [-0.2, 0) is 25.6 Å². The molecule has 2 heterocycles. The number of likely N-dealkylation sites (tertiary alicyclic amines) is 1. The number of carboxylic acids is 1. The molecular weight excluding hydrogens is 438 g/mol. The van der Waals surface area contributed by atoms with E-state index in [1.807, 2.05) is 38.1 Å². The number of nitrogens with zero attached hydrogens (tertiary/aromatic N) is 1. The maximum absolute atomic E-state index is 12.8. The first-order chi connectivity index (χ1) is 16.1. The SMILES string of the molecule is CC(NC(=O)C1CCCN1C(=O)C(N)C(C)C)C(=O)NC(Cc1c[nH]c2ccccc12)C(=O)O. The van der Waals surface area contributed by atoms with Gasteiger partial charge in [0.05, 0.1) is 6.04 Å². The molecule has 0 aliphatic carbocycles. The fourth-order valence-electron chi connectivity index (χ4n) is 4.17. The number of hydrogen-bond acceptors (Lipinski definition) is 5. The minimum Gasteiger partial charge on any atom is -0.480 e. The summed E-state index contributed by atoms with van der Waals surface area (Å²) < 4.78 is 0. The molecule has 0 saturated carbocycles. The molecule has 3 amide bonds. The number of H-pyrrole nitrogens is 1. The number of aromatic amines is 1. The topological polar surface area (TPSA) is 158 Å². The maximum atomic E-state index is 12.8. The first-order valence-corrected chi connectivity index (χ1v) is 11.5. The zero-order valence-electron chi connectivity index (χ0n) is 19.7. The number of rotatable bonds is 9. The molecule has 1 fully saturated rings. The van der Waals surface area contributed by atoms with E-state index in [4.69, 9.17) is 5.73 Å². The molecule has 4 atom stereocenters. The summed E-state index contributed by atoms with van der Waals surface area (Å²) in [6, 6.07) is 3.95. The van der Waals surface area contributed by atoms with E-state index in [2.05, 4.69) is 15.6 Å². The molecule has 4 unspecified atom stereocenters. The normalized spacial score (nSPS) is 18.5. The summed E-state index contributed by atoms with van der Waals surface area (Å²) in [5.41, 5.74) is 7.62. The molecule has 1 aliphatic rings. The predicted octanol–water partition coefficient (Wildman–Crippen LogP) is 0.759. The fourth-order valence-corrected chi connectivity index (χ4v) is 4.17. The Morgan fingerprint density at radius 3 is 2.56 bits per heavy atom. The minimum absolute atomic E-state index is 0.0633.